The lowest BCUT2D eigenvalue weighted by atomic mass is 10.0. The van der Waals surface area contributed by atoms with Gasteiger partial charge >= 0.3 is 0 Å². The summed E-state index contributed by atoms with van der Waals surface area (Å²) in [5.74, 6) is 0.0720. The first kappa shape index (κ1) is 13.9. The molecule has 92 valence electrons. The van der Waals surface area contributed by atoms with Crippen LogP contribution in [0.5, 0.6) is 0 Å². The van der Waals surface area contributed by atoms with E-state index in [2.05, 4.69) is 35.1 Å². The predicted octanol–water partition coefficient (Wildman–Crippen LogP) is 3.10. The van der Waals surface area contributed by atoms with Gasteiger partial charge in [0.25, 0.3) is 0 Å². The van der Waals surface area contributed by atoms with Gasteiger partial charge < -0.3 is 5.32 Å². The molecule has 0 spiro atoms. The van der Waals surface area contributed by atoms with Crippen molar-refractivity contribution in [3.63, 3.8) is 0 Å². The van der Waals surface area contributed by atoms with Crippen molar-refractivity contribution in [2.45, 2.75) is 26.2 Å². The highest BCUT2D eigenvalue weighted by Crippen LogP contribution is 2.17. The van der Waals surface area contributed by atoms with Crippen molar-refractivity contribution in [3.05, 3.63) is 29.8 Å². The Balaban J connectivity index is 2.57. The van der Waals surface area contributed by atoms with E-state index in [0.717, 1.165) is 5.69 Å². The zero-order valence-corrected chi connectivity index (χ0v) is 11.6. The Morgan fingerprint density at radius 2 is 1.82 bits per heavy atom. The summed E-state index contributed by atoms with van der Waals surface area (Å²) in [6, 6.07) is 7.66. The number of halogens is 1. The number of alkyl halides is 1. The van der Waals surface area contributed by atoms with E-state index in [1.54, 1.807) is 0 Å². The lowest BCUT2D eigenvalue weighted by Crippen LogP contribution is -2.16. The Hall–Kier alpha value is -1.16. The predicted molar refractivity (Wildman–Crippen MR) is 72.6 cm³/mol. The number of nitrogens with one attached hydrogen (secondary N) is 1. The summed E-state index contributed by atoms with van der Waals surface area (Å²) in [5, 5.41) is 2.91. The largest absolute Gasteiger partial charge is 0.326 e. The molecule has 0 unspecified atom stereocenters. The molecule has 1 N–H and O–H groups in total. The van der Waals surface area contributed by atoms with E-state index in [1.165, 1.54) is 5.56 Å². The minimum absolute atomic E-state index is 0.0861. The normalized spacial score (nSPS) is 10.4. The number of carbonyl (C=O) groups is 2. The smallest absolute Gasteiger partial charge is 0.231 e. The van der Waals surface area contributed by atoms with Gasteiger partial charge in [-0.3, -0.25) is 9.59 Å². The van der Waals surface area contributed by atoms with Gasteiger partial charge in [-0.05, 0) is 23.6 Å². The van der Waals surface area contributed by atoms with E-state index in [9.17, 15) is 9.59 Å². The van der Waals surface area contributed by atoms with Gasteiger partial charge in [0.1, 0.15) is 0 Å². The SMILES string of the molecule is CC(C)c1ccc(NC(=O)CC(=O)CBr)cc1. The van der Waals surface area contributed by atoms with Crippen LogP contribution in [0.15, 0.2) is 24.3 Å². The van der Waals surface area contributed by atoms with Gasteiger partial charge in [0.2, 0.25) is 5.91 Å². The molecule has 3 nitrogen and oxygen atoms in total. The topological polar surface area (TPSA) is 46.2 Å². The molecule has 1 aromatic rings. The van der Waals surface area contributed by atoms with Crippen LogP contribution >= 0.6 is 15.9 Å². The van der Waals surface area contributed by atoms with Crippen molar-refractivity contribution in [2.24, 2.45) is 0 Å². The van der Waals surface area contributed by atoms with Crippen LogP contribution in [0.25, 0.3) is 0 Å². The van der Waals surface area contributed by atoms with Crippen LogP contribution in [0, 0.1) is 0 Å². The third kappa shape index (κ3) is 4.69. The number of ketones is 1. The minimum Gasteiger partial charge on any atom is -0.326 e. The van der Waals surface area contributed by atoms with Crippen molar-refractivity contribution in [2.75, 3.05) is 10.6 Å². The van der Waals surface area contributed by atoms with Crippen LogP contribution in [0.4, 0.5) is 5.69 Å². The molecule has 1 amide bonds. The van der Waals surface area contributed by atoms with Crippen molar-refractivity contribution >= 4 is 33.3 Å². The summed E-state index contributed by atoms with van der Waals surface area (Å²) in [7, 11) is 0. The Labute approximate surface area is 110 Å². The molecule has 0 aliphatic carbocycles. The fourth-order valence-electron chi connectivity index (χ4n) is 1.38. The number of carbonyl (C=O) groups excluding carboxylic acids is 2. The van der Waals surface area contributed by atoms with E-state index in [4.69, 9.17) is 0 Å². The molecule has 0 saturated carbocycles. The average molecular weight is 298 g/mol. The number of amides is 1. The third-order valence-electron chi connectivity index (χ3n) is 2.37. The van der Waals surface area contributed by atoms with Crippen LogP contribution in [-0.4, -0.2) is 17.0 Å². The Kier molecular flexibility index (Phi) is 5.35. The maximum absolute atomic E-state index is 11.4. The fraction of sp³-hybridized carbons (Fsp3) is 0.385. The molecule has 17 heavy (non-hydrogen) atoms. The molecule has 0 saturated heterocycles. The second kappa shape index (κ2) is 6.55. The number of anilines is 1. The molecule has 0 atom stereocenters. The number of rotatable bonds is 5. The quantitative estimate of drug-likeness (QED) is 0.670. The summed E-state index contributed by atoms with van der Waals surface area (Å²) in [6.45, 7) is 4.23. The number of benzene rings is 1. The Morgan fingerprint density at radius 1 is 1.24 bits per heavy atom. The zero-order valence-electron chi connectivity index (χ0n) is 10.00. The second-order valence-electron chi connectivity index (χ2n) is 4.17. The first-order chi connectivity index (χ1) is 8.02. The number of hydrogen-bond donors (Lipinski definition) is 1. The average Bonchev–Trinajstić information content (AvgIpc) is 2.29. The van der Waals surface area contributed by atoms with Gasteiger partial charge in [0, 0.05) is 5.69 Å². The first-order valence-electron chi connectivity index (χ1n) is 5.50. The molecular weight excluding hydrogens is 282 g/mol. The summed E-state index contributed by atoms with van der Waals surface area (Å²) in [4.78, 5) is 22.5. The van der Waals surface area contributed by atoms with Crippen LogP contribution < -0.4 is 5.32 Å². The molecule has 0 radical (unpaired) electrons. The molecule has 0 aliphatic heterocycles. The summed E-state index contributed by atoms with van der Waals surface area (Å²) < 4.78 is 0. The van der Waals surface area contributed by atoms with E-state index >= 15 is 0 Å². The standard InChI is InChI=1S/C13H16BrNO2/c1-9(2)10-3-5-11(6-4-10)15-13(17)7-12(16)8-14/h3-6,9H,7-8H2,1-2H3,(H,15,17). The van der Waals surface area contributed by atoms with E-state index in [1.807, 2.05) is 24.3 Å². The number of Topliss-reactive ketones (excluding diaryl/α,β-unsaturated/α-hetero) is 1. The first-order valence-corrected chi connectivity index (χ1v) is 6.62. The van der Waals surface area contributed by atoms with Gasteiger partial charge in [0.15, 0.2) is 5.78 Å². The second-order valence-corrected chi connectivity index (χ2v) is 4.73. The highest BCUT2D eigenvalue weighted by Gasteiger charge is 2.08. The lowest BCUT2D eigenvalue weighted by molar-refractivity contribution is -0.123. The molecule has 0 heterocycles. The highest BCUT2D eigenvalue weighted by atomic mass is 79.9. The Morgan fingerprint density at radius 3 is 2.29 bits per heavy atom. The molecule has 0 aliphatic rings. The molecule has 1 aromatic carbocycles. The van der Waals surface area contributed by atoms with Gasteiger partial charge in [-0.2, -0.15) is 0 Å². The minimum atomic E-state index is -0.272. The van der Waals surface area contributed by atoms with Gasteiger partial charge in [-0.25, -0.2) is 0 Å². The summed E-state index contributed by atoms with van der Waals surface area (Å²) in [6.07, 6.45) is -0.0861. The molecule has 4 heteroatoms. The molecule has 0 aromatic heterocycles. The molecule has 0 fully saturated rings. The van der Waals surface area contributed by atoms with Crippen LogP contribution in [0.3, 0.4) is 0 Å². The van der Waals surface area contributed by atoms with E-state index in [0.29, 0.717) is 5.92 Å². The van der Waals surface area contributed by atoms with Crippen molar-refractivity contribution in [3.8, 4) is 0 Å². The van der Waals surface area contributed by atoms with E-state index in [-0.39, 0.29) is 23.4 Å². The van der Waals surface area contributed by atoms with Crippen LogP contribution in [-0.2, 0) is 9.59 Å². The van der Waals surface area contributed by atoms with Crippen molar-refractivity contribution in [1.82, 2.24) is 0 Å². The van der Waals surface area contributed by atoms with E-state index < -0.39 is 0 Å². The fourth-order valence-corrected chi connectivity index (χ4v) is 1.58. The van der Waals surface area contributed by atoms with Crippen molar-refractivity contribution in [1.29, 1.82) is 0 Å². The third-order valence-corrected chi connectivity index (χ3v) is 2.99. The van der Waals surface area contributed by atoms with Crippen LogP contribution in [0.2, 0.25) is 0 Å². The Bertz CT molecular complexity index is 398. The molecule has 0 bridgehead atoms. The lowest BCUT2D eigenvalue weighted by Gasteiger charge is -2.07. The summed E-state index contributed by atoms with van der Waals surface area (Å²) in [5.41, 5.74) is 1.95. The molecular formula is C13H16BrNO2. The summed E-state index contributed by atoms with van der Waals surface area (Å²) >= 11 is 3.02. The van der Waals surface area contributed by atoms with Gasteiger partial charge in [0.05, 0.1) is 11.8 Å². The number of hydrogen-bond acceptors (Lipinski definition) is 2. The monoisotopic (exact) mass is 297 g/mol. The highest BCUT2D eigenvalue weighted by molar-refractivity contribution is 9.09. The zero-order chi connectivity index (χ0) is 12.8. The van der Waals surface area contributed by atoms with Crippen molar-refractivity contribution < 1.29 is 9.59 Å². The maximum atomic E-state index is 11.4. The van der Waals surface area contributed by atoms with Crippen LogP contribution in [0.1, 0.15) is 31.7 Å². The maximum Gasteiger partial charge on any atom is 0.231 e. The molecule has 1 rings (SSSR count). The van der Waals surface area contributed by atoms with Gasteiger partial charge in [-0.1, -0.05) is 41.9 Å². The van der Waals surface area contributed by atoms with Gasteiger partial charge in [-0.15, -0.1) is 0 Å².